The fourth-order valence-corrected chi connectivity index (χ4v) is 2.65. The second-order valence-corrected chi connectivity index (χ2v) is 4.71. The van der Waals surface area contributed by atoms with E-state index in [4.69, 9.17) is 0 Å². The molecule has 1 heterocycles. The Hall–Kier alpha value is -1.60. The number of nitrogens with one attached hydrogen (secondary N) is 1. The van der Waals surface area contributed by atoms with Crippen molar-refractivity contribution in [3.63, 3.8) is 0 Å². The van der Waals surface area contributed by atoms with E-state index >= 15 is 0 Å². The van der Waals surface area contributed by atoms with Gasteiger partial charge in [-0.25, -0.2) is 0 Å². The highest BCUT2D eigenvalue weighted by Crippen LogP contribution is 2.33. The van der Waals surface area contributed by atoms with Crippen LogP contribution < -0.4 is 5.32 Å². The summed E-state index contributed by atoms with van der Waals surface area (Å²) in [5.41, 5.74) is 2.87. The topological polar surface area (TPSA) is 12.0 Å². The minimum Gasteiger partial charge on any atom is -0.309 e. The molecule has 0 amide bonds. The molecule has 0 radical (unpaired) electrons. The molecule has 0 bridgehead atoms. The maximum Gasteiger partial charge on any atom is 0.0326 e. The van der Waals surface area contributed by atoms with Crippen molar-refractivity contribution in [2.75, 3.05) is 6.54 Å². The molecule has 0 saturated carbocycles. The van der Waals surface area contributed by atoms with Gasteiger partial charge in [0.1, 0.15) is 0 Å². The summed E-state index contributed by atoms with van der Waals surface area (Å²) < 4.78 is 0. The van der Waals surface area contributed by atoms with Crippen molar-refractivity contribution in [3.05, 3.63) is 71.8 Å². The van der Waals surface area contributed by atoms with Gasteiger partial charge in [-0.3, -0.25) is 0 Å². The monoisotopic (exact) mass is 223 g/mol. The molecule has 2 aromatic carbocycles. The van der Waals surface area contributed by atoms with Gasteiger partial charge in [-0.05, 0) is 23.5 Å². The second-order valence-electron chi connectivity index (χ2n) is 4.71. The molecule has 0 spiro atoms. The van der Waals surface area contributed by atoms with Crippen molar-refractivity contribution in [2.45, 2.75) is 18.4 Å². The minimum atomic E-state index is 0.515. The summed E-state index contributed by atoms with van der Waals surface area (Å²) in [6.45, 7) is 1.09. The average Bonchev–Trinajstić information content (AvgIpc) is 2.90. The Balaban J connectivity index is 1.75. The fraction of sp³-hybridized carbons (Fsp3) is 0.250. The van der Waals surface area contributed by atoms with Crippen LogP contribution in [0.4, 0.5) is 0 Å². The number of rotatable bonds is 2. The molecular formula is C16H17N. The van der Waals surface area contributed by atoms with E-state index in [1.807, 2.05) is 0 Å². The van der Waals surface area contributed by atoms with Crippen molar-refractivity contribution in [3.8, 4) is 0 Å². The summed E-state index contributed by atoms with van der Waals surface area (Å²) in [5.74, 6) is 0.654. The zero-order chi connectivity index (χ0) is 11.5. The molecule has 86 valence electrons. The van der Waals surface area contributed by atoms with Crippen LogP contribution in [0.15, 0.2) is 60.7 Å². The van der Waals surface area contributed by atoms with E-state index in [0.717, 1.165) is 6.54 Å². The van der Waals surface area contributed by atoms with E-state index in [1.54, 1.807) is 0 Å². The molecule has 0 aliphatic carbocycles. The highest BCUT2D eigenvalue weighted by Gasteiger charge is 2.25. The Morgan fingerprint density at radius 3 is 2.00 bits per heavy atom. The molecule has 3 rings (SSSR count). The van der Waals surface area contributed by atoms with E-state index in [1.165, 1.54) is 17.5 Å². The minimum absolute atomic E-state index is 0.515. The predicted molar refractivity (Wildman–Crippen MR) is 71.0 cm³/mol. The lowest BCUT2D eigenvalue weighted by molar-refractivity contribution is 0.642. The van der Waals surface area contributed by atoms with Gasteiger partial charge < -0.3 is 5.32 Å². The Morgan fingerprint density at radius 1 is 0.765 bits per heavy atom. The third-order valence-electron chi connectivity index (χ3n) is 3.60. The van der Waals surface area contributed by atoms with Gasteiger partial charge >= 0.3 is 0 Å². The molecule has 2 atom stereocenters. The first-order valence-corrected chi connectivity index (χ1v) is 6.27. The van der Waals surface area contributed by atoms with Gasteiger partial charge in [0.2, 0.25) is 0 Å². The molecule has 1 saturated heterocycles. The average molecular weight is 223 g/mol. The Kier molecular flexibility index (Phi) is 2.93. The summed E-state index contributed by atoms with van der Waals surface area (Å²) in [6, 6.07) is 22.1. The first-order chi connectivity index (χ1) is 8.43. The molecule has 2 aromatic rings. The van der Waals surface area contributed by atoms with Crippen molar-refractivity contribution in [1.82, 2.24) is 5.32 Å². The summed E-state index contributed by atoms with van der Waals surface area (Å²) in [4.78, 5) is 0. The first kappa shape index (κ1) is 10.5. The zero-order valence-corrected chi connectivity index (χ0v) is 9.84. The normalized spacial score (nSPS) is 23.8. The summed E-state index contributed by atoms with van der Waals surface area (Å²) in [7, 11) is 0. The lowest BCUT2D eigenvalue weighted by Crippen LogP contribution is -2.13. The van der Waals surface area contributed by atoms with Crippen molar-refractivity contribution < 1.29 is 0 Å². The molecule has 0 unspecified atom stereocenters. The second kappa shape index (κ2) is 4.72. The van der Waals surface area contributed by atoms with Crippen LogP contribution in [0.2, 0.25) is 0 Å². The lowest BCUT2D eigenvalue weighted by atomic mass is 9.94. The third-order valence-corrected chi connectivity index (χ3v) is 3.60. The molecular weight excluding hydrogens is 206 g/mol. The SMILES string of the molecule is c1ccc([C@@H]2CN[C@H](c3ccccc3)C2)cc1. The molecule has 1 N–H and O–H groups in total. The molecule has 1 fully saturated rings. The van der Waals surface area contributed by atoms with Crippen LogP contribution in [-0.2, 0) is 0 Å². The summed E-state index contributed by atoms with van der Waals surface area (Å²) in [6.07, 6.45) is 1.20. The first-order valence-electron chi connectivity index (χ1n) is 6.27. The van der Waals surface area contributed by atoms with Crippen LogP contribution in [0.3, 0.4) is 0 Å². The zero-order valence-electron chi connectivity index (χ0n) is 9.84. The van der Waals surface area contributed by atoms with E-state index in [2.05, 4.69) is 66.0 Å². The van der Waals surface area contributed by atoms with Crippen LogP contribution in [0, 0.1) is 0 Å². The molecule has 1 nitrogen and oxygen atoms in total. The van der Waals surface area contributed by atoms with Gasteiger partial charge in [-0.15, -0.1) is 0 Å². The Morgan fingerprint density at radius 2 is 1.35 bits per heavy atom. The number of hydrogen-bond acceptors (Lipinski definition) is 1. The highest BCUT2D eigenvalue weighted by atomic mass is 14.9. The smallest absolute Gasteiger partial charge is 0.0326 e. The van der Waals surface area contributed by atoms with Gasteiger partial charge in [0.05, 0.1) is 0 Å². The predicted octanol–water partition coefficient (Wildman–Crippen LogP) is 3.50. The van der Waals surface area contributed by atoms with E-state index in [9.17, 15) is 0 Å². The lowest BCUT2D eigenvalue weighted by Gasteiger charge is -2.11. The standard InChI is InChI=1S/C16H17N/c1-3-7-13(8-4-1)15-11-16(17-12-15)14-9-5-2-6-10-14/h1-10,15-17H,11-12H2/t15-,16-/m0/s1. The molecule has 1 aliphatic rings. The molecule has 0 aromatic heterocycles. The summed E-state index contributed by atoms with van der Waals surface area (Å²) in [5, 5.41) is 3.62. The quantitative estimate of drug-likeness (QED) is 0.821. The van der Waals surface area contributed by atoms with Crippen LogP contribution >= 0.6 is 0 Å². The van der Waals surface area contributed by atoms with Crippen LogP contribution in [-0.4, -0.2) is 6.54 Å². The fourth-order valence-electron chi connectivity index (χ4n) is 2.65. The largest absolute Gasteiger partial charge is 0.309 e. The highest BCUT2D eigenvalue weighted by molar-refractivity contribution is 5.26. The molecule has 1 heteroatoms. The van der Waals surface area contributed by atoms with E-state index < -0.39 is 0 Å². The van der Waals surface area contributed by atoms with Crippen molar-refractivity contribution >= 4 is 0 Å². The van der Waals surface area contributed by atoms with Gasteiger partial charge in [0.25, 0.3) is 0 Å². The van der Waals surface area contributed by atoms with E-state index in [0.29, 0.717) is 12.0 Å². The Labute approximate surface area is 102 Å². The summed E-state index contributed by atoms with van der Waals surface area (Å²) >= 11 is 0. The Bertz CT molecular complexity index is 418. The van der Waals surface area contributed by atoms with Crippen LogP contribution in [0.1, 0.15) is 29.5 Å². The van der Waals surface area contributed by atoms with Crippen molar-refractivity contribution in [1.29, 1.82) is 0 Å². The van der Waals surface area contributed by atoms with Crippen molar-refractivity contribution in [2.24, 2.45) is 0 Å². The van der Waals surface area contributed by atoms with Crippen LogP contribution in [0.5, 0.6) is 0 Å². The van der Waals surface area contributed by atoms with Crippen LogP contribution in [0.25, 0.3) is 0 Å². The number of benzene rings is 2. The maximum absolute atomic E-state index is 3.62. The van der Waals surface area contributed by atoms with E-state index in [-0.39, 0.29) is 0 Å². The third kappa shape index (κ3) is 2.25. The molecule has 17 heavy (non-hydrogen) atoms. The van der Waals surface area contributed by atoms with Gasteiger partial charge in [0.15, 0.2) is 0 Å². The van der Waals surface area contributed by atoms with Gasteiger partial charge in [-0.2, -0.15) is 0 Å². The number of hydrogen-bond donors (Lipinski definition) is 1. The molecule has 1 aliphatic heterocycles. The van der Waals surface area contributed by atoms with Gasteiger partial charge in [-0.1, -0.05) is 60.7 Å². The van der Waals surface area contributed by atoms with Gasteiger partial charge in [0, 0.05) is 12.6 Å². The maximum atomic E-state index is 3.62.